The topological polar surface area (TPSA) is 135 Å². The third-order valence-electron chi connectivity index (χ3n) is 8.02. The van der Waals surface area contributed by atoms with E-state index < -0.39 is 48.7 Å². The van der Waals surface area contributed by atoms with E-state index >= 15 is 8.78 Å². The van der Waals surface area contributed by atoms with E-state index in [1.165, 1.54) is 6.07 Å². The number of hydrogen-bond acceptors (Lipinski definition) is 9. The Balaban J connectivity index is 1.56. The van der Waals surface area contributed by atoms with Crippen molar-refractivity contribution in [2.45, 2.75) is 82.6 Å². The quantitative estimate of drug-likeness (QED) is 0.198. The van der Waals surface area contributed by atoms with Gasteiger partial charge in [0.1, 0.15) is 30.0 Å². The molecular weight excluding hydrogens is 552 g/mol. The lowest BCUT2D eigenvalue weighted by Crippen LogP contribution is -2.45. The van der Waals surface area contributed by atoms with Gasteiger partial charge in [-0.25, -0.2) is 9.59 Å². The average molecular weight is 588 g/mol. The van der Waals surface area contributed by atoms with Gasteiger partial charge in [0.15, 0.2) is 0 Å². The molecule has 1 fully saturated rings. The summed E-state index contributed by atoms with van der Waals surface area (Å²) in [5.41, 5.74) is 6.38. The molecule has 5 rings (SSSR count). The van der Waals surface area contributed by atoms with Crippen LogP contribution in [-0.2, 0) is 20.6 Å². The number of alkyl halides is 2. The van der Waals surface area contributed by atoms with Gasteiger partial charge in [-0.15, -0.1) is 0 Å². The Hall–Kier alpha value is -3.93. The summed E-state index contributed by atoms with van der Waals surface area (Å²) in [6.45, 7) is 7.68. The summed E-state index contributed by atoms with van der Waals surface area (Å²) in [6.07, 6.45) is 0.213. The lowest BCUT2D eigenvalue weighted by Gasteiger charge is -2.33. The number of nitrogens with zero attached hydrogens (tertiary/aromatic N) is 2. The highest BCUT2D eigenvalue weighted by Crippen LogP contribution is 2.49. The molecule has 12 heteroatoms. The molecule has 3 unspecified atom stereocenters. The first-order valence-electron chi connectivity index (χ1n) is 14.1. The molecule has 1 aliphatic carbocycles. The van der Waals surface area contributed by atoms with Gasteiger partial charge < -0.3 is 29.8 Å². The lowest BCUT2D eigenvalue weighted by atomic mass is 9.75. The number of nitrogens with two attached hydrogens (primary N) is 1. The van der Waals surface area contributed by atoms with Crippen molar-refractivity contribution in [3.63, 3.8) is 0 Å². The van der Waals surface area contributed by atoms with Crippen LogP contribution in [0.25, 0.3) is 0 Å². The van der Waals surface area contributed by atoms with E-state index in [0.717, 1.165) is 36.6 Å². The molecule has 1 saturated heterocycles. The predicted octanol–water partition coefficient (Wildman–Crippen LogP) is 5.36. The third-order valence-corrected chi connectivity index (χ3v) is 8.02. The zero-order valence-electron chi connectivity index (χ0n) is 23.6. The van der Waals surface area contributed by atoms with Crippen molar-refractivity contribution in [2.24, 2.45) is 5.92 Å². The SMILES string of the molecule is C=C(C)C1CCC2=CC1c1c(O)cc(CCCCC)cc1OC(=O)OC1[C@@H](CO2)O[C@@H](n2ccc(N)nc2=O)C1(F)F. The molecule has 1 aromatic carbocycles. The number of ether oxygens (including phenoxy) is 4. The van der Waals surface area contributed by atoms with E-state index in [2.05, 4.69) is 18.5 Å². The molecule has 3 heterocycles. The first kappa shape index (κ1) is 29.6. The maximum absolute atomic E-state index is 15.8. The van der Waals surface area contributed by atoms with Gasteiger partial charge in [0.25, 0.3) is 0 Å². The second-order valence-corrected chi connectivity index (χ2v) is 11.1. The monoisotopic (exact) mass is 587 g/mol. The number of aromatic nitrogens is 2. The molecule has 3 N–H and O–H groups in total. The summed E-state index contributed by atoms with van der Waals surface area (Å²) in [5, 5.41) is 11.2. The molecule has 2 aromatic rings. The fraction of sp³-hybridized carbons (Fsp3) is 0.500. The zero-order chi connectivity index (χ0) is 30.2. The number of carbonyl (C=O) groups excluding carboxylic acids is 1. The van der Waals surface area contributed by atoms with Crippen LogP contribution >= 0.6 is 0 Å². The van der Waals surface area contributed by atoms with Crippen molar-refractivity contribution in [1.82, 2.24) is 9.55 Å². The van der Waals surface area contributed by atoms with Gasteiger partial charge >= 0.3 is 17.8 Å². The number of hydrogen-bond donors (Lipinski definition) is 2. The molecule has 3 aliphatic rings. The van der Waals surface area contributed by atoms with E-state index in [1.54, 1.807) is 12.1 Å². The zero-order valence-corrected chi connectivity index (χ0v) is 23.6. The molecular formula is C30H35F2N3O7. The Kier molecular flexibility index (Phi) is 8.27. The lowest BCUT2D eigenvalue weighted by molar-refractivity contribution is -0.144. The Morgan fingerprint density at radius 3 is 2.79 bits per heavy atom. The number of anilines is 1. The van der Waals surface area contributed by atoms with Gasteiger partial charge in [-0.1, -0.05) is 31.9 Å². The molecule has 0 amide bonds. The third kappa shape index (κ3) is 5.72. The predicted molar refractivity (Wildman–Crippen MR) is 148 cm³/mol. The fourth-order valence-electron chi connectivity index (χ4n) is 5.90. The van der Waals surface area contributed by atoms with Crippen LogP contribution in [-0.4, -0.2) is 45.6 Å². The van der Waals surface area contributed by atoms with Crippen LogP contribution in [0.1, 0.15) is 69.2 Å². The molecule has 0 radical (unpaired) electrons. The van der Waals surface area contributed by atoms with Crippen LogP contribution in [0.2, 0.25) is 0 Å². The standard InChI is InChI=1S/C30H35F2N3O7/c1-4-5-6-7-17-12-21(36)25-20-14-18(8-9-19(20)16(2)3)39-15-23-26(42-29(38)41-22(25)13-17)30(31,32)27(40-23)35-11-10-24(33)34-28(35)37/h10-14,19-20,23,26-27,36H,2,4-9,15H2,1,3H3,(H2,33,34,37)/t19?,20?,23-,26?,27-/m1/s1. The summed E-state index contributed by atoms with van der Waals surface area (Å²) in [6, 6.07) is 4.47. The number of phenols is 1. The molecule has 0 spiro atoms. The van der Waals surface area contributed by atoms with Crippen LogP contribution in [0, 0.1) is 5.92 Å². The molecule has 10 nitrogen and oxygen atoms in total. The summed E-state index contributed by atoms with van der Waals surface area (Å²) in [7, 11) is 0. The summed E-state index contributed by atoms with van der Waals surface area (Å²) >= 11 is 0. The van der Waals surface area contributed by atoms with Crippen LogP contribution < -0.4 is 16.2 Å². The fourth-order valence-corrected chi connectivity index (χ4v) is 5.90. The Morgan fingerprint density at radius 2 is 2.07 bits per heavy atom. The second kappa shape index (κ2) is 11.7. The van der Waals surface area contributed by atoms with Crippen LogP contribution in [0.4, 0.5) is 19.4 Å². The number of phenolic OH excluding ortho intramolecular Hbond substituents is 1. The van der Waals surface area contributed by atoms with E-state index in [1.807, 2.05) is 13.0 Å². The number of halogens is 2. The number of benzene rings is 1. The van der Waals surface area contributed by atoms with Gasteiger partial charge in [-0.2, -0.15) is 13.8 Å². The van der Waals surface area contributed by atoms with Crippen molar-refractivity contribution in [2.75, 3.05) is 12.3 Å². The molecule has 226 valence electrons. The second-order valence-electron chi connectivity index (χ2n) is 11.1. The van der Waals surface area contributed by atoms with Gasteiger partial charge in [0, 0.05) is 24.1 Å². The van der Waals surface area contributed by atoms with Crippen molar-refractivity contribution in [3.05, 3.63) is 70.0 Å². The number of aromatic hydroxyl groups is 1. The molecule has 42 heavy (non-hydrogen) atoms. The Bertz CT molecular complexity index is 1460. The van der Waals surface area contributed by atoms with Crippen molar-refractivity contribution >= 4 is 12.0 Å². The van der Waals surface area contributed by atoms with Gasteiger partial charge in [-0.05, 0) is 61.9 Å². The maximum atomic E-state index is 15.8. The van der Waals surface area contributed by atoms with Crippen molar-refractivity contribution < 1.29 is 37.6 Å². The summed E-state index contributed by atoms with van der Waals surface area (Å²) < 4.78 is 54.6. The van der Waals surface area contributed by atoms with E-state index in [9.17, 15) is 14.7 Å². The Labute approximate surface area is 241 Å². The number of aryl methyl sites for hydroxylation is 1. The first-order valence-corrected chi connectivity index (χ1v) is 14.1. The number of carbonyl (C=O) groups is 1. The normalized spacial score (nSPS) is 26.7. The highest BCUT2D eigenvalue weighted by atomic mass is 19.3. The van der Waals surface area contributed by atoms with Crippen LogP contribution in [0.15, 0.2) is 53.2 Å². The molecule has 5 atom stereocenters. The minimum absolute atomic E-state index is 0.00936. The molecule has 1 aromatic heterocycles. The smallest absolute Gasteiger partial charge is 0.507 e. The number of rotatable bonds is 6. The highest BCUT2D eigenvalue weighted by Gasteiger charge is 2.63. The number of allylic oxidation sites excluding steroid dienone is 3. The highest BCUT2D eigenvalue weighted by molar-refractivity contribution is 5.67. The minimum Gasteiger partial charge on any atom is -0.507 e. The van der Waals surface area contributed by atoms with E-state index in [4.69, 9.17) is 24.7 Å². The maximum Gasteiger partial charge on any atom is 0.514 e. The van der Waals surface area contributed by atoms with Crippen molar-refractivity contribution in [3.8, 4) is 11.5 Å². The van der Waals surface area contributed by atoms with Crippen molar-refractivity contribution in [1.29, 1.82) is 0 Å². The van der Waals surface area contributed by atoms with Gasteiger partial charge in [0.2, 0.25) is 12.3 Å². The molecule has 0 saturated carbocycles. The summed E-state index contributed by atoms with van der Waals surface area (Å²) in [5.74, 6) is -4.16. The minimum atomic E-state index is -3.87. The molecule has 2 bridgehead atoms. The summed E-state index contributed by atoms with van der Waals surface area (Å²) in [4.78, 5) is 29.0. The first-order chi connectivity index (χ1) is 20.0. The van der Waals surface area contributed by atoms with Crippen LogP contribution in [0.5, 0.6) is 11.5 Å². The van der Waals surface area contributed by atoms with Gasteiger partial charge in [-0.3, -0.25) is 4.57 Å². The molecule has 2 aliphatic heterocycles. The van der Waals surface area contributed by atoms with E-state index in [-0.39, 0.29) is 23.2 Å². The average Bonchev–Trinajstić information content (AvgIpc) is 3.15. The van der Waals surface area contributed by atoms with Crippen LogP contribution in [0.3, 0.4) is 0 Å². The van der Waals surface area contributed by atoms with E-state index in [0.29, 0.717) is 35.2 Å². The van der Waals surface area contributed by atoms with Gasteiger partial charge in [0.05, 0.1) is 5.76 Å². The Morgan fingerprint density at radius 1 is 1.29 bits per heavy atom. The number of unbranched alkanes of at least 4 members (excludes halogenated alkanes) is 2. The largest absolute Gasteiger partial charge is 0.514 e. The number of fused-ring (bicyclic) bond motifs is 4. The number of nitrogen functional groups attached to an aromatic ring is 1.